The maximum absolute atomic E-state index is 12.7. The fourth-order valence-electron chi connectivity index (χ4n) is 9.83. The Bertz CT molecular complexity index is 900. The summed E-state index contributed by atoms with van der Waals surface area (Å²) >= 11 is 0. The van der Waals surface area contributed by atoms with E-state index < -0.39 is 5.54 Å². The molecule has 7 aliphatic rings. The van der Waals surface area contributed by atoms with Crippen LogP contribution < -0.4 is 0 Å². The Labute approximate surface area is 177 Å². The molecule has 2 saturated carbocycles. The minimum absolute atomic E-state index is 0.127. The van der Waals surface area contributed by atoms with Gasteiger partial charge in [-0.3, -0.25) is 14.5 Å². The topological polar surface area (TPSA) is 76.1 Å². The lowest BCUT2D eigenvalue weighted by Crippen LogP contribution is -2.63. The zero-order chi connectivity index (χ0) is 20.5. The molecule has 6 fully saturated rings. The molecule has 162 valence electrons. The van der Waals surface area contributed by atoms with Crippen LogP contribution in [-0.2, 0) is 19.1 Å². The van der Waals surface area contributed by atoms with Crippen LogP contribution >= 0.6 is 0 Å². The molecule has 7 rings (SSSR count). The number of aliphatic hydroxyl groups is 1. The smallest absolute Gasteiger partial charge is 0.306 e. The highest BCUT2D eigenvalue weighted by Gasteiger charge is 2.85. The summed E-state index contributed by atoms with van der Waals surface area (Å²) in [6, 6.07) is 0. The van der Waals surface area contributed by atoms with Gasteiger partial charge in [-0.05, 0) is 50.4 Å². The van der Waals surface area contributed by atoms with E-state index in [9.17, 15) is 14.7 Å². The third-order valence-electron chi connectivity index (χ3n) is 10.6. The summed E-state index contributed by atoms with van der Waals surface area (Å²) in [6.07, 6.45) is 8.80. The fourth-order valence-corrected chi connectivity index (χ4v) is 9.83. The highest BCUT2D eigenvalue weighted by Crippen LogP contribution is 2.77. The quantitative estimate of drug-likeness (QED) is 0.525. The molecular formula is C24H31NO5. The third kappa shape index (κ3) is 1.69. The van der Waals surface area contributed by atoms with Crippen molar-refractivity contribution in [2.24, 2.45) is 28.1 Å². The molecule has 6 heteroatoms. The summed E-state index contributed by atoms with van der Waals surface area (Å²) < 4.78 is 12.4. The molecule has 2 bridgehead atoms. The second-order valence-corrected chi connectivity index (χ2v) is 11.6. The van der Waals surface area contributed by atoms with E-state index in [1.807, 2.05) is 0 Å². The molecule has 0 amide bonds. The van der Waals surface area contributed by atoms with Gasteiger partial charge in [-0.25, -0.2) is 0 Å². The van der Waals surface area contributed by atoms with Crippen LogP contribution in [0.3, 0.4) is 0 Å². The van der Waals surface area contributed by atoms with Crippen molar-refractivity contribution in [3.63, 3.8) is 0 Å². The van der Waals surface area contributed by atoms with Crippen molar-refractivity contribution in [1.29, 1.82) is 0 Å². The molecule has 1 N–H and O–H groups in total. The molecule has 4 saturated heterocycles. The van der Waals surface area contributed by atoms with E-state index in [0.29, 0.717) is 24.7 Å². The number of fused-ring (bicyclic) bond motifs is 2. The number of aliphatic hydroxyl groups excluding tert-OH is 1. The Balaban J connectivity index is 1.52. The second-order valence-electron chi connectivity index (χ2n) is 11.6. The van der Waals surface area contributed by atoms with Crippen molar-refractivity contribution in [1.82, 2.24) is 4.90 Å². The number of esters is 2. The number of carbonyl (C=O) groups is 2. The van der Waals surface area contributed by atoms with Gasteiger partial charge in [0.05, 0.1) is 18.6 Å². The van der Waals surface area contributed by atoms with Crippen molar-refractivity contribution < 1.29 is 24.2 Å². The summed E-state index contributed by atoms with van der Waals surface area (Å²) in [5, 5.41) is 11.1. The van der Waals surface area contributed by atoms with Gasteiger partial charge in [-0.2, -0.15) is 0 Å². The molecule has 2 spiro atoms. The third-order valence-corrected chi connectivity index (χ3v) is 10.6. The van der Waals surface area contributed by atoms with Crippen molar-refractivity contribution in [3.8, 4) is 0 Å². The first-order valence-corrected chi connectivity index (χ1v) is 11.9. The van der Waals surface area contributed by atoms with Crippen LogP contribution in [0.5, 0.6) is 0 Å². The van der Waals surface area contributed by atoms with Crippen molar-refractivity contribution in [2.45, 2.75) is 76.0 Å². The number of piperidine rings is 1. The van der Waals surface area contributed by atoms with E-state index in [1.165, 1.54) is 18.4 Å². The van der Waals surface area contributed by atoms with Crippen LogP contribution in [0, 0.1) is 28.1 Å². The highest BCUT2D eigenvalue weighted by atomic mass is 16.6. The first-order valence-electron chi connectivity index (χ1n) is 11.9. The van der Waals surface area contributed by atoms with Gasteiger partial charge in [-0.15, -0.1) is 0 Å². The Morgan fingerprint density at radius 3 is 2.83 bits per heavy atom. The van der Waals surface area contributed by atoms with Crippen LogP contribution in [0.25, 0.3) is 0 Å². The maximum Gasteiger partial charge on any atom is 0.306 e. The molecule has 0 aromatic rings. The average molecular weight is 414 g/mol. The number of allylic oxidation sites excluding steroid dienone is 1. The van der Waals surface area contributed by atoms with E-state index in [0.717, 1.165) is 38.8 Å². The molecule has 8 atom stereocenters. The molecule has 6 nitrogen and oxygen atoms in total. The molecule has 0 radical (unpaired) electrons. The van der Waals surface area contributed by atoms with Gasteiger partial charge in [-0.1, -0.05) is 18.6 Å². The van der Waals surface area contributed by atoms with E-state index >= 15 is 0 Å². The summed E-state index contributed by atoms with van der Waals surface area (Å²) in [5.41, 5.74) is 0.118. The molecule has 4 aliphatic heterocycles. The monoisotopic (exact) mass is 413 g/mol. The minimum atomic E-state index is -0.498. The van der Waals surface area contributed by atoms with Crippen molar-refractivity contribution >= 4 is 11.9 Å². The molecule has 0 aromatic carbocycles. The van der Waals surface area contributed by atoms with Crippen LogP contribution in [0.1, 0.15) is 58.3 Å². The number of hydrogen-bond acceptors (Lipinski definition) is 6. The van der Waals surface area contributed by atoms with E-state index in [-0.39, 0.29) is 47.0 Å². The Morgan fingerprint density at radius 1 is 1.17 bits per heavy atom. The fraction of sp³-hybridized carbons (Fsp3) is 0.833. The number of hydrogen-bond donors (Lipinski definition) is 1. The van der Waals surface area contributed by atoms with Gasteiger partial charge in [0.15, 0.2) is 0 Å². The number of ether oxygens (including phenoxy) is 2. The molecule has 4 heterocycles. The SMILES string of the molecule is CC12CC(=O)OC1C13CC4(CO)C(CCC5CCC=C5C45CCC(=O)OC15)CN3C2. The minimum Gasteiger partial charge on any atom is -0.460 e. The van der Waals surface area contributed by atoms with E-state index in [4.69, 9.17) is 9.47 Å². The zero-order valence-electron chi connectivity index (χ0n) is 17.7. The first kappa shape index (κ1) is 18.2. The predicted octanol–water partition coefficient (Wildman–Crippen LogP) is 2.20. The van der Waals surface area contributed by atoms with Crippen molar-refractivity contribution in [2.75, 3.05) is 19.7 Å². The zero-order valence-corrected chi connectivity index (χ0v) is 17.7. The number of nitrogens with zero attached hydrogens (tertiary/aromatic N) is 1. The molecule has 3 aliphatic carbocycles. The largest absolute Gasteiger partial charge is 0.460 e. The molecular weight excluding hydrogens is 382 g/mol. The van der Waals surface area contributed by atoms with Gasteiger partial charge in [0, 0.05) is 35.8 Å². The molecule has 30 heavy (non-hydrogen) atoms. The number of carbonyl (C=O) groups excluding carboxylic acids is 2. The predicted molar refractivity (Wildman–Crippen MR) is 106 cm³/mol. The highest BCUT2D eigenvalue weighted by molar-refractivity contribution is 5.75. The van der Waals surface area contributed by atoms with Crippen LogP contribution in [0.2, 0.25) is 0 Å². The normalized spacial score (nSPS) is 55.7. The van der Waals surface area contributed by atoms with Gasteiger partial charge >= 0.3 is 11.9 Å². The van der Waals surface area contributed by atoms with Crippen molar-refractivity contribution in [3.05, 3.63) is 11.6 Å². The number of rotatable bonds is 1. The lowest BCUT2D eigenvalue weighted by molar-refractivity contribution is -0.181. The summed E-state index contributed by atoms with van der Waals surface area (Å²) in [4.78, 5) is 27.7. The van der Waals surface area contributed by atoms with Gasteiger partial charge < -0.3 is 14.6 Å². The summed E-state index contributed by atoms with van der Waals surface area (Å²) in [6.45, 7) is 4.03. The van der Waals surface area contributed by atoms with E-state index in [1.54, 1.807) is 0 Å². The second kappa shape index (κ2) is 5.32. The standard InChI is InChI=1S/C24H31NO5/c1-21-9-18(28)30-19(21)24-11-22(13-26)15(10-25(24)12-21)6-5-14-3-2-4-16(14)23(22)8-7-17(27)29-20(23)24/h4,14-15,19-20,26H,2-3,5-13H2,1H3. The summed E-state index contributed by atoms with van der Waals surface area (Å²) in [7, 11) is 0. The molecule has 8 unspecified atom stereocenters. The molecule has 0 aromatic heterocycles. The van der Waals surface area contributed by atoms with Crippen LogP contribution in [0.15, 0.2) is 11.6 Å². The first-order chi connectivity index (χ1) is 14.4. The van der Waals surface area contributed by atoms with Gasteiger partial charge in [0.2, 0.25) is 0 Å². The summed E-state index contributed by atoms with van der Waals surface area (Å²) in [5.74, 6) is 0.676. The average Bonchev–Trinajstić information content (AvgIpc) is 3.39. The Kier molecular flexibility index (Phi) is 3.23. The van der Waals surface area contributed by atoms with Crippen LogP contribution in [-0.4, -0.2) is 59.4 Å². The Morgan fingerprint density at radius 2 is 2.00 bits per heavy atom. The van der Waals surface area contributed by atoms with Gasteiger partial charge in [0.25, 0.3) is 0 Å². The Hall–Kier alpha value is -1.40. The lowest BCUT2D eigenvalue weighted by atomic mass is 9.53. The van der Waals surface area contributed by atoms with Crippen LogP contribution in [0.4, 0.5) is 0 Å². The van der Waals surface area contributed by atoms with Gasteiger partial charge in [0.1, 0.15) is 12.2 Å². The lowest BCUT2D eigenvalue weighted by Gasteiger charge is -2.53. The maximum atomic E-state index is 12.7. The van der Waals surface area contributed by atoms with E-state index in [2.05, 4.69) is 17.9 Å².